The summed E-state index contributed by atoms with van der Waals surface area (Å²) in [6.45, 7) is 0.901. The highest BCUT2D eigenvalue weighted by Crippen LogP contribution is 2.45. The highest BCUT2D eigenvalue weighted by molar-refractivity contribution is 6.30. The average Bonchev–Trinajstić information content (AvgIpc) is 3.42. The molecule has 0 N–H and O–H groups in total. The van der Waals surface area contributed by atoms with Crippen molar-refractivity contribution in [2.75, 3.05) is 13.1 Å². The summed E-state index contributed by atoms with van der Waals surface area (Å²) in [7, 11) is 0. The van der Waals surface area contributed by atoms with Crippen LogP contribution < -0.4 is 0 Å². The zero-order valence-corrected chi connectivity index (χ0v) is 18.5. The highest BCUT2D eigenvalue weighted by atomic mass is 35.5. The summed E-state index contributed by atoms with van der Waals surface area (Å²) in [5.74, 6) is -0.160. The summed E-state index contributed by atoms with van der Waals surface area (Å²) in [6.07, 6.45) is 0.609. The summed E-state index contributed by atoms with van der Waals surface area (Å²) in [4.78, 5) is 31.0. The van der Waals surface area contributed by atoms with Gasteiger partial charge in [0.15, 0.2) is 5.58 Å². The number of hydrogen-bond donors (Lipinski definition) is 0. The van der Waals surface area contributed by atoms with Crippen LogP contribution in [0.5, 0.6) is 0 Å². The fourth-order valence-electron chi connectivity index (χ4n) is 5.24. The smallest absolute Gasteiger partial charge is 0.256 e. The summed E-state index contributed by atoms with van der Waals surface area (Å²) < 4.78 is 5.41. The molecule has 7 heteroatoms. The van der Waals surface area contributed by atoms with Gasteiger partial charge in [-0.1, -0.05) is 59.2 Å². The maximum Gasteiger partial charge on any atom is 0.256 e. The summed E-state index contributed by atoms with van der Waals surface area (Å²) in [5.41, 5.74) is 2.83. The van der Waals surface area contributed by atoms with E-state index >= 15 is 0 Å². The number of halogens is 1. The first kappa shape index (κ1) is 20.0. The zero-order chi connectivity index (χ0) is 22.6. The van der Waals surface area contributed by atoms with Crippen LogP contribution in [0.4, 0.5) is 0 Å². The van der Waals surface area contributed by atoms with Crippen LogP contribution in [0.3, 0.4) is 0 Å². The zero-order valence-electron chi connectivity index (χ0n) is 17.7. The van der Waals surface area contributed by atoms with Gasteiger partial charge < -0.3 is 14.3 Å². The fourth-order valence-corrected chi connectivity index (χ4v) is 5.36. The summed E-state index contributed by atoms with van der Waals surface area (Å²) in [6, 6.07) is 22.6. The first-order chi connectivity index (χ1) is 16.1. The number of carbonyl (C=O) groups is 2. The molecule has 3 heterocycles. The maximum atomic E-state index is 13.8. The van der Waals surface area contributed by atoms with E-state index in [2.05, 4.69) is 5.16 Å². The lowest BCUT2D eigenvalue weighted by Gasteiger charge is -2.47. The third-order valence-corrected chi connectivity index (χ3v) is 7.00. The second kappa shape index (κ2) is 7.46. The van der Waals surface area contributed by atoms with Crippen molar-refractivity contribution in [3.05, 3.63) is 100 Å². The normalized spacial score (nSPS) is 19.6. The molecule has 2 aliphatic heterocycles. The lowest BCUT2D eigenvalue weighted by Crippen LogP contribution is -2.58. The maximum absolute atomic E-state index is 13.8. The minimum absolute atomic E-state index is 0.0611. The Kier molecular flexibility index (Phi) is 4.52. The van der Waals surface area contributed by atoms with Crippen molar-refractivity contribution >= 4 is 34.4 Å². The predicted molar refractivity (Wildman–Crippen MR) is 124 cm³/mol. The van der Waals surface area contributed by atoms with Crippen molar-refractivity contribution in [3.63, 3.8) is 0 Å². The van der Waals surface area contributed by atoms with Crippen LogP contribution in [0, 0.1) is 0 Å². The SMILES string of the molecule is O=C(Cc1noc2ccccc12)N1CCN2C(=O)c3ccccc3CC12c1ccc(Cl)cc1. The molecule has 0 spiro atoms. The van der Waals surface area contributed by atoms with Gasteiger partial charge in [-0.05, 0) is 41.5 Å². The van der Waals surface area contributed by atoms with Gasteiger partial charge in [-0.2, -0.15) is 0 Å². The fraction of sp³-hybridized carbons (Fsp3) is 0.192. The molecule has 0 aliphatic carbocycles. The highest BCUT2D eigenvalue weighted by Gasteiger charge is 2.55. The van der Waals surface area contributed by atoms with Crippen LogP contribution in [0.15, 0.2) is 77.3 Å². The number of para-hydroxylation sites is 1. The van der Waals surface area contributed by atoms with Gasteiger partial charge in [0.05, 0.1) is 6.42 Å². The van der Waals surface area contributed by atoms with E-state index in [9.17, 15) is 9.59 Å². The Morgan fingerprint density at radius 1 is 1.00 bits per heavy atom. The van der Waals surface area contributed by atoms with Crippen LogP contribution in [-0.4, -0.2) is 39.9 Å². The number of fused-ring (bicyclic) bond motifs is 3. The lowest BCUT2D eigenvalue weighted by molar-refractivity contribution is -0.138. The van der Waals surface area contributed by atoms with Gasteiger partial charge in [-0.3, -0.25) is 9.59 Å². The Labute approximate surface area is 195 Å². The molecule has 164 valence electrons. The molecule has 6 rings (SSSR count). The number of aromatic nitrogens is 1. The topological polar surface area (TPSA) is 66.7 Å². The minimum Gasteiger partial charge on any atom is -0.356 e. The number of amides is 2. The van der Waals surface area contributed by atoms with E-state index in [-0.39, 0.29) is 18.2 Å². The number of rotatable bonds is 3. The molecule has 1 atom stereocenters. The molecule has 4 aromatic rings. The van der Waals surface area contributed by atoms with Crippen LogP contribution in [0.25, 0.3) is 11.0 Å². The van der Waals surface area contributed by atoms with Gasteiger partial charge in [0.1, 0.15) is 11.4 Å². The molecule has 2 amide bonds. The van der Waals surface area contributed by atoms with Gasteiger partial charge in [-0.15, -0.1) is 0 Å². The molecule has 33 heavy (non-hydrogen) atoms. The number of hydrogen-bond acceptors (Lipinski definition) is 4. The van der Waals surface area contributed by atoms with Crippen LogP contribution in [-0.2, 0) is 23.3 Å². The Balaban J connectivity index is 1.45. The third kappa shape index (κ3) is 2.98. The van der Waals surface area contributed by atoms with Crippen LogP contribution in [0.2, 0.25) is 5.02 Å². The van der Waals surface area contributed by atoms with Crippen molar-refractivity contribution in [3.8, 4) is 0 Å². The molecule has 3 aromatic carbocycles. The Hall–Kier alpha value is -3.64. The minimum atomic E-state index is -0.910. The van der Waals surface area contributed by atoms with Gasteiger partial charge in [0, 0.05) is 35.5 Å². The van der Waals surface area contributed by atoms with E-state index in [1.54, 1.807) is 12.1 Å². The molecule has 2 aliphatic rings. The molecule has 0 saturated carbocycles. The molecule has 1 fully saturated rings. The number of benzene rings is 3. The molecule has 6 nitrogen and oxygen atoms in total. The van der Waals surface area contributed by atoms with E-state index in [1.807, 2.05) is 70.5 Å². The first-order valence-corrected chi connectivity index (χ1v) is 11.3. The monoisotopic (exact) mass is 457 g/mol. The van der Waals surface area contributed by atoms with E-state index in [0.29, 0.717) is 41.4 Å². The molecule has 0 radical (unpaired) electrons. The van der Waals surface area contributed by atoms with Gasteiger partial charge >= 0.3 is 0 Å². The van der Waals surface area contributed by atoms with Gasteiger partial charge in [0.2, 0.25) is 5.91 Å². The summed E-state index contributed by atoms with van der Waals surface area (Å²) >= 11 is 6.17. The van der Waals surface area contributed by atoms with Crippen molar-refractivity contribution in [1.29, 1.82) is 0 Å². The molecule has 1 aromatic heterocycles. The van der Waals surface area contributed by atoms with E-state index in [1.165, 1.54) is 0 Å². The van der Waals surface area contributed by atoms with Crippen molar-refractivity contribution in [1.82, 2.24) is 15.0 Å². The quantitative estimate of drug-likeness (QED) is 0.457. The number of carbonyl (C=O) groups excluding carboxylic acids is 2. The van der Waals surface area contributed by atoms with E-state index in [0.717, 1.165) is 16.5 Å². The molecular formula is C26H20ClN3O3. The van der Waals surface area contributed by atoms with Crippen molar-refractivity contribution in [2.24, 2.45) is 0 Å². The van der Waals surface area contributed by atoms with Crippen molar-refractivity contribution < 1.29 is 14.1 Å². The molecule has 1 saturated heterocycles. The first-order valence-electron chi connectivity index (χ1n) is 10.9. The standard InChI is InChI=1S/C26H20ClN3O3/c27-19-11-9-18(10-12-19)26-16-17-5-1-2-6-20(17)25(32)30(26)14-13-29(26)24(31)15-22-21-7-3-4-8-23(21)33-28-22/h1-12H,13-16H2. The van der Waals surface area contributed by atoms with Gasteiger partial charge in [-0.25, -0.2) is 0 Å². The Morgan fingerprint density at radius 3 is 2.61 bits per heavy atom. The molecule has 1 unspecified atom stereocenters. The average molecular weight is 458 g/mol. The second-order valence-electron chi connectivity index (χ2n) is 8.46. The number of nitrogens with zero attached hydrogens (tertiary/aromatic N) is 3. The van der Waals surface area contributed by atoms with Crippen LogP contribution in [0.1, 0.15) is 27.2 Å². The predicted octanol–water partition coefficient (Wildman–Crippen LogP) is 4.42. The lowest BCUT2D eigenvalue weighted by atomic mass is 9.83. The van der Waals surface area contributed by atoms with Crippen molar-refractivity contribution in [2.45, 2.75) is 18.5 Å². The van der Waals surface area contributed by atoms with Gasteiger partial charge in [0.25, 0.3) is 5.91 Å². The summed E-state index contributed by atoms with van der Waals surface area (Å²) in [5, 5.41) is 5.58. The van der Waals surface area contributed by atoms with E-state index < -0.39 is 5.66 Å². The Bertz CT molecular complexity index is 1400. The molecular weight excluding hydrogens is 438 g/mol. The van der Waals surface area contributed by atoms with E-state index in [4.69, 9.17) is 16.1 Å². The second-order valence-corrected chi connectivity index (χ2v) is 8.90. The Morgan fingerprint density at radius 2 is 1.76 bits per heavy atom. The van der Waals surface area contributed by atoms with Crippen LogP contribution >= 0.6 is 11.6 Å². The largest absolute Gasteiger partial charge is 0.356 e. The third-order valence-electron chi connectivity index (χ3n) is 6.75. The molecule has 0 bridgehead atoms.